The number of hydrogen-bond acceptors (Lipinski definition) is 6. The SMILES string of the molecule is O=C1CCC(N2C(=O)c3ccc(Nc4ccc5c(c4)CNCC5)cc3C2=O)C(=O)N1. The molecular weight excluding hydrogens is 384 g/mol. The maximum Gasteiger partial charge on any atom is 0.262 e. The molecular formula is C22H20N4O4. The molecule has 152 valence electrons. The second-order valence-corrected chi connectivity index (χ2v) is 7.74. The van der Waals surface area contributed by atoms with Gasteiger partial charge in [0.2, 0.25) is 11.8 Å². The van der Waals surface area contributed by atoms with Gasteiger partial charge >= 0.3 is 0 Å². The van der Waals surface area contributed by atoms with E-state index < -0.39 is 23.8 Å². The van der Waals surface area contributed by atoms with Crippen molar-refractivity contribution in [2.24, 2.45) is 0 Å². The van der Waals surface area contributed by atoms with E-state index in [0.717, 1.165) is 30.1 Å². The molecule has 0 radical (unpaired) electrons. The molecule has 2 aromatic carbocycles. The monoisotopic (exact) mass is 404 g/mol. The number of nitrogens with zero attached hydrogens (tertiary/aromatic N) is 1. The fraction of sp³-hybridized carbons (Fsp3) is 0.273. The smallest absolute Gasteiger partial charge is 0.262 e. The third-order valence-electron chi connectivity index (χ3n) is 5.82. The topological polar surface area (TPSA) is 108 Å². The first-order valence-electron chi connectivity index (χ1n) is 9.96. The molecule has 0 aromatic heterocycles. The van der Waals surface area contributed by atoms with Crippen molar-refractivity contribution < 1.29 is 19.2 Å². The minimum absolute atomic E-state index is 0.101. The number of hydrogen-bond donors (Lipinski definition) is 3. The molecule has 3 heterocycles. The largest absolute Gasteiger partial charge is 0.355 e. The van der Waals surface area contributed by atoms with Crippen LogP contribution in [0.15, 0.2) is 36.4 Å². The average Bonchev–Trinajstić information content (AvgIpc) is 2.98. The quantitative estimate of drug-likeness (QED) is 0.669. The minimum Gasteiger partial charge on any atom is -0.355 e. The standard InChI is InChI=1S/C22H20N4O4/c27-19-6-5-18(20(28)25-19)26-21(29)16-4-3-15(10-17(16)22(26)30)24-14-2-1-12-7-8-23-11-13(12)9-14/h1-4,9-10,18,23-24H,5-8,11H2,(H,25,27,28). The van der Waals surface area contributed by atoms with E-state index in [4.69, 9.17) is 0 Å². The number of rotatable bonds is 3. The Bertz CT molecular complexity index is 1110. The molecule has 30 heavy (non-hydrogen) atoms. The van der Waals surface area contributed by atoms with Crippen molar-refractivity contribution in [3.05, 3.63) is 58.7 Å². The van der Waals surface area contributed by atoms with Gasteiger partial charge < -0.3 is 10.6 Å². The van der Waals surface area contributed by atoms with E-state index in [1.165, 1.54) is 11.1 Å². The molecule has 3 aliphatic heterocycles. The third kappa shape index (κ3) is 3.05. The molecule has 8 nitrogen and oxygen atoms in total. The Kier molecular flexibility index (Phi) is 4.36. The van der Waals surface area contributed by atoms with Gasteiger partial charge in [-0.3, -0.25) is 29.4 Å². The van der Waals surface area contributed by atoms with Gasteiger partial charge in [-0.05, 0) is 60.8 Å². The van der Waals surface area contributed by atoms with Crippen molar-refractivity contribution in [2.45, 2.75) is 31.8 Å². The summed E-state index contributed by atoms with van der Waals surface area (Å²) in [7, 11) is 0. The summed E-state index contributed by atoms with van der Waals surface area (Å²) in [5, 5.41) is 8.85. The maximum absolute atomic E-state index is 12.9. The van der Waals surface area contributed by atoms with Gasteiger partial charge in [-0.1, -0.05) is 6.07 Å². The minimum atomic E-state index is -0.959. The molecule has 0 bridgehead atoms. The molecule has 0 aliphatic carbocycles. The van der Waals surface area contributed by atoms with E-state index in [1.54, 1.807) is 18.2 Å². The van der Waals surface area contributed by atoms with Crippen LogP contribution in [0.25, 0.3) is 0 Å². The van der Waals surface area contributed by atoms with Gasteiger partial charge in [0.1, 0.15) is 6.04 Å². The predicted octanol–water partition coefficient (Wildman–Crippen LogP) is 1.48. The van der Waals surface area contributed by atoms with Crippen LogP contribution in [0.2, 0.25) is 0 Å². The van der Waals surface area contributed by atoms with Crippen molar-refractivity contribution in [1.82, 2.24) is 15.5 Å². The van der Waals surface area contributed by atoms with E-state index in [9.17, 15) is 19.2 Å². The van der Waals surface area contributed by atoms with Crippen molar-refractivity contribution in [3.63, 3.8) is 0 Å². The average molecular weight is 404 g/mol. The molecule has 8 heteroatoms. The van der Waals surface area contributed by atoms with Crippen LogP contribution in [0.1, 0.15) is 44.7 Å². The Morgan fingerprint density at radius 2 is 1.63 bits per heavy atom. The molecule has 3 N–H and O–H groups in total. The predicted molar refractivity (Wildman–Crippen MR) is 108 cm³/mol. The summed E-state index contributed by atoms with van der Waals surface area (Å²) < 4.78 is 0. The van der Waals surface area contributed by atoms with Gasteiger partial charge in [-0.15, -0.1) is 0 Å². The van der Waals surface area contributed by atoms with Crippen molar-refractivity contribution in [1.29, 1.82) is 0 Å². The van der Waals surface area contributed by atoms with E-state index in [0.29, 0.717) is 5.69 Å². The zero-order valence-corrected chi connectivity index (χ0v) is 16.2. The van der Waals surface area contributed by atoms with Crippen LogP contribution in [0.3, 0.4) is 0 Å². The van der Waals surface area contributed by atoms with Crippen LogP contribution in [0.4, 0.5) is 11.4 Å². The Morgan fingerprint density at radius 1 is 0.867 bits per heavy atom. The normalized spacial score (nSPS) is 20.7. The lowest BCUT2D eigenvalue weighted by Gasteiger charge is -2.27. The van der Waals surface area contributed by atoms with Crippen molar-refractivity contribution >= 4 is 35.0 Å². The number of fused-ring (bicyclic) bond motifs is 2. The lowest BCUT2D eigenvalue weighted by molar-refractivity contribution is -0.136. The van der Waals surface area contributed by atoms with Crippen LogP contribution >= 0.6 is 0 Å². The molecule has 5 rings (SSSR count). The highest BCUT2D eigenvalue weighted by Gasteiger charge is 2.44. The Balaban J connectivity index is 1.40. The fourth-order valence-corrected chi connectivity index (χ4v) is 4.27. The molecule has 1 saturated heterocycles. The molecule has 1 unspecified atom stereocenters. The van der Waals surface area contributed by atoms with E-state index in [-0.39, 0.29) is 29.9 Å². The van der Waals surface area contributed by atoms with Crippen LogP contribution < -0.4 is 16.0 Å². The fourth-order valence-electron chi connectivity index (χ4n) is 4.27. The highest BCUT2D eigenvalue weighted by molar-refractivity contribution is 6.23. The van der Waals surface area contributed by atoms with E-state index >= 15 is 0 Å². The zero-order chi connectivity index (χ0) is 20.8. The number of amides is 4. The number of nitrogens with one attached hydrogen (secondary N) is 3. The van der Waals surface area contributed by atoms with Gasteiger partial charge in [0.05, 0.1) is 11.1 Å². The Morgan fingerprint density at radius 3 is 2.47 bits per heavy atom. The number of benzene rings is 2. The first kappa shape index (κ1) is 18.5. The highest BCUT2D eigenvalue weighted by atomic mass is 16.2. The summed E-state index contributed by atoms with van der Waals surface area (Å²) in [6, 6.07) is 10.2. The molecule has 0 saturated carbocycles. The second-order valence-electron chi connectivity index (χ2n) is 7.74. The van der Waals surface area contributed by atoms with Crippen molar-refractivity contribution in [3.8, 4) is 0 Å². The van der Waals surface area contributed by atoms with Crippen LogP contribution in [-0.2, 0) is 22.6 Å². The lowest BCUT2D eigenvalue weighted by Crippen LogP contribution is -2.54. The van der Waals surface area contributed by atoms with Gasteiger partial charge in [0.25, 0.3) is 11.8 Å². The summed E-state index contributed by atoms with van der Waals surface area (Å²) in [6.45, 7) is 1.80. The zero-order valence-electron chi connectivity index (χ0n) is 16.2. The summed E-state index contributed by atoms with van der Waals surface area (Å²) in [6.07, 6.45) is 1.25. The second kappa shape index (κ2) is 7.07. The van der Waals surface area contributed by atoms with Gasteiger partial charge in [-0.25, -0.2) is 0 Å². The molecule has 4 amide bonds. The van der Waals surface area contributed by atoms with Crippen LogP contribution in [-0.4, -0.2) is 41.1 Å². The summed E-state index contributed by atoms with van der Waals surface area (Å²) in [4.78, 5) is 50.2. The number of piperidine rings is 1. The molecule has 1 fully saturated rings. The van der Waals surface area contributed by atoms with Gasteiger partial charge in [0, 0.05) is 24.3 Å². The lowest BCUT2D eigenvalue weighted by atomic mass is 10.0. The number of carbonyl (C=O) groups is 4. The van der Waals surface area contributed by atoms with Gasteiger partial charge in [-0.2, -0.15) is 0 Å². The van der Waals surface area contributed by atoms with Crippen LogP contribution in [0, 0.1) is 0 Å². The summed E-state index contributed by atoms with van der Waals surface area (Å²) in [5.74, 6) is -2.01. The molecule has 1 atom stereocenters. The Labute approximate surface area is 172 Å². The van der Waals surface area contributed by atoms with E-state index in [2.05, 4.69) is 28.1 Å². The van der Waals surface area contributed by atoms with Gasteiger partial charge in [0.15, 0.2) is 0 Å². The number of imide groups is 2. The highest BCUT2D eigenvalue weighted by Crippen LogP contribution is 2.31. The first-order chi connectivity index (χ1) is 14.5. The van der Waals surface area contributed by atoms with Crippen LogP contribution in [0.5, 0.6) is 0 Å². The number of carbonyl (C=O) groups excluding carboxylic acids is 4. The molecule has 3 aliphatic rings. The first-order valence-corrected chi connectivity index (χ1v) is 9.96. The Hall–Kier alpha value is -3.52. The van der Waals surface area contributed by atoms with Crippen molar-refractivity contribution in [2.75, 3.05) is 11.9 Å². The number of anilines is 2. The van der Waals surface area contributed by atoms with E-state index in [1.807, 2.05) is 6.07 Å². The molecule has 0 spiro atoms. The summed E-state index contributed by atoms with van der Waals surface area (Å²) in [5.41, 5.74) is 4.68. The molecule has 2 aromatic rings. The third-order valence-corrected chi connectivity index (χ3v) is 5.82. The maximum atomic E-state index is 12.9. The summed E-state index contributed by atoms with van der Waals surface area (Å²) >= 11 is 0.